The van der Waals surface area contributed by atoms with Crippen molar-refractivity contribution in [2.24, 2.45) is 0 Å². The first-order valence-corrected chi connectivity index (χ1v) is 8.35. The van der Waals surface area contributed by atoms with E-state index in [1.165, 1.54) is 19.1 Å². The Bertz CT molecular complexity index is 735. The van der Waals surface area contributed by atoms with Gasteiger partial charge in [0, 0.05) is 0 Å². The fourth-order valence-corrected chi connectivity index (χ4v) is 4.10. The summed E-state index contributed by atoms with van der Waals surface area (Å²) in [6, 6.07) is 7.42. The highest BCUT2D eigenvalue weighted by atomic mass is 35.5. The van der Waals surface area contributed by atoms with Gasteiger partial charge in [0.1, 0.15) is 11.1 Å². The van der Waals surface area contributed by atoms with Crippen molar-refractivity contribution in [2.45, 2.75) is 17.1 Å². The molecule has 20 heavy (non-hydrogen) atoms. The van der Waals surface area contributed by atoms with Crippen LogP contribution in [0.25, 0.3) is 0 Å². The Morgan fingerprint density at radius 3 is 2.30 bits per heavy atom. The molecule has 0 saturated carbocycles. The molecular formula is C13H10ClFO3S2. The lowest BCUT2D eigenvalue weighted by Gasteiger charge is -2.11. The zero-order valence-corrected chi connectivity index (χ0v) is 12.7. The van der Waals surface area contributed by atoms with Crippen LogP contribution in [-0.2, 0) is 9.84 Å². The lowest BCUT2D eigenvalue weighted by molar-refractivity contribution is 0.0995. The van der Waals surface area contributed by atoms with E-state index in [0.29, 0.717) is 4.34 Å². The van der Waals surface area contributed by atoms with Gasteiger partial charge in [0.25, 0.3) is 0 Å². The van der Waals surface area contributed by atoms with E-state index in [2.05, 4.69) is 0 Å². The Morgan fingerprint density at radius 1 is 1.20 bits per heavy atom. The third-order valence-electron chi connectivity index (χ3n) is 2.79. The number of carbonyl (C=O) groups is 1. The zero-order chi connectivity index (χ0) is 14.9. The number of carbonyl (C=O) groups excluding carboxylic acids is 1. The summed E-state index contributed by atoms with van der Waals surface area (Å²) in [5.41, 5.74) is 0. The monoisotopic (exact) mass is 332 g/mol. The van der Waals surface area contributed by atoms with Crippen LogP contribution >= 0.6 is 22.9 Å². The van der Waals surface area contributed by atoms with Crippen LogP contribution in [-0.4, -0.2) is 19.5 Å². The van der Waals surface area contributed by atoms with Crippen molar-refractivity contribution in [3.8, 4) is 0 Å². The second-order valence-electron chi connectivity index (χ2n) is 4.11. The molecule has 0 amide bonds. The van der Waals surface area contributed by atoms with Crippen LogP contribution in [0.2, 0.25) is 4.34 Å². The molecule has 1 aromatic heterocycles. The smallest absolute Gasteiger partial charge is 0.191 e. The number of Topliss-reactive ketones (excluding diaryl/α,β-unsaturated/α-hetero) is 1. The number of ketones is 1. The van der Waals surface area contributed by atoms with E-state index in [9.17, 15) is 17.6 Å². The van der Waals surface area contributed by atoms with Gasteiger partial charge in [-0.05, 0) is 43.3 Å². The molecule has 7 heteroatoms. The van der Waals surface area contributed by atoms with Crippen LogP contribution in [0, 0.1) is 5.82 Å². The molecule has 0 radical (unpaired) electrons. The average molecular weight is 333 g/mol. The van der Waals surface area contributed by atoms with Crippen molar-refractivity contribution >= 4 is 38.6 Å². The molecule has 2 aromatic rings. The van der Waals surface area contributed by atoms with Crippen molar-refractivity contribution in [1.29, 1.82) is 0 Å². The second kappa shape index (κ2) is 5.63. The first-order valence-electron chi connectivity index (χ1n) is 5.61. The van der Waals surface area contributed by atoms with Crippen molar-refractivity contribution in [2.75, 3.05) is 0 Å². The molecule has 0 bridgehead atoms. The van der Waals surface area contributed by atoms with Crippen molar-refractivity contribution in [1.82, 2.24) is 0 Å². The molecule has 1 atom stereocenters. The van der Waals surface area contributed by atoms with E-state index in [0.717, 1.165) is 35.6 Å². The largest absolute Gasteiger partial charge is 0.292 e. The molecule has 0 fully saturated rings. The van der Waals surface area contributed by atoms with Gasteiger partial charge in [0.05, 0.1) is 14.1 Å². The summed E-state index contributed by atoms with van der Waals surface area (Å²) in [7, 11) is -3.85. The Hall–Kier alpha value is -1.24. The highest BCUT2D eigenvalue weighted by molar-refractivity contribution is 7.92. The molecule has 0 aliphatic rings. The van der Waals surface area contributed by atoms with Crippen LogP contribution in [0.15, 0.2) is 41.3 Å². The summed E-state index contributed by atoms with van der Waals surface area (Å²) in [6.45, 7) is 1.31. The number of sulfone groups is 1. The maximum Gasteiger partial charge on any atom is 0.191 e. The van der Waals surface area contributed by atoms with Crippen LogP contribution < -0.4 is 0 Å². The molecule has 1 aromatic carbocycles. The minimum absolute atomic E-state index is 0.0811. The third-order valence-corrected chi connectivity index (χ3v) is 6.11. The van der Waals surface area contributed by atoms with E-state index in [4.69, 9.17) is 11.6 Å². The minimum atomic E-state index is -3.85. The number of rotatable bonds is 4. The van der Waals surface area contributed by atoms with E-state index in [1.807, 2.05) is 0 Å². The summed E-state index contributed by atoms with van der Waals surface area (Å²) in [6.07, 6.45) is 0. The minimum Gasteiger partial charge on any atom is -0.292 e. The van der Waals surface area contributed by atoms with E-state index in [1.54, 1.807) is 0 Å². The number of halogens is 2. The molecule has 0 aliphatic carbocycles. The molecule has 0 spiro atoms. The summed E-state index contributed by atoms with van der Waals surface area (Å²) < 4.78 is 37.8. The van der Waals surface area contributed by atoms with E-state index >= 15 is 0 Å². The SMILES string of the molecule is CC(C(=O)c1ccc(Cl)s1)S(=O)(=O)c1ccc(F)cc1. The maximum absolute atomic E-state index is 12.8. The van der Waals surface area contributed by atoms with Crippen LogP contribution in [0.4, 0.5) is 4.39 Å². The van der Waals surface area contributed by atoms with E-state index < -0.39 is 26.7 Å². The molecule has 106 valence electrons. The predicted octanol–water partition coefficient (Wildman–Crippen LogP) is 3.59. The quantitative estimate of drug-likeness (QED) is 0.635. The highest BCUT2D eigenvalue weighted by Gasteiger charge is 2.31. The second-order valence-corrected chi connectivity index (χ2v) is 8.09. The number of hydrogen-bond acceptors (Lipinski definition) is 4. The van der Waals surface area contributed by atoms with Gasteiger partial charge < -0.3 is 0 Å². The normalized spacial score (nSPS) is 13.2. The Labute approximate surface area is 124 Å². The highest BCUT2D eigenvalue weighted by Crippen LogP contribution is 2.26. The molecule has 2 rings (SSSR count). The van der Waals surface area contributed by atoms with E-state index in [-0.39, 0.29) is 9.77 Å². The van der Waals surface area contributed by atoms with Crippen molar-refractivity contribution < 1.29 is 17.6 Å². The van der Waals surface area contributed by atoms with Gasteiger partial charge in [-0.2, -0.15) is 0 Å². The molecule has 0 saturated heterocycles. The number of benzene rings is 1. The molecule has 3 nitrogen and oxygen atoms in total. The standard InChI is InChI=1S/C13H10ClFO3S2/c1-8(13(16)11-6-7-12(14)19-11)20(17,18)10-4-2-9(15)3-5-10/h2-8H,1H3. The fourth-order valence-electron chi connectivity index (χ4n) is 1.62. The Morgan fingerprint density at radius 2 is 1.80 bits per heavy atom. The number of hydrogen-bond donors (Lipinski definition) is 0. The van der Waals surface area contributed by atoms with Crippen molar-refractivity contribution in [3.63, 3.8) is 0 Å². The first-order chi connectivity index (χ1) is 9.32. The molecular weight excluding hydrogens is 323 g/mol. The summed E-state index contributed by atoms with van der Waals surface area (Å²) in [5.74, 6) is -1.06. The van der Waals surface area contributed by atoms with Gasteiger partial charge in [-0.3, -0.25) is 4.79 Å². The zero-order valence-electron chi connectivity index (χ0n) is 10.3. The molecule has 0 aliphatic heterocycles. The lowest BCUT2D eigenvalue weighted by atomic mass is 10.2. The van der Waals surface area contributed by atoms with Crippen LogP contribution in [0.1, 0.15) is 16.6 Å². The van der Waals surface area contributed by atoms with Gasteiger partial charge >= 0.3 is 0 Å². The summed E-state index contributed by atoms with van der Waals surface area (Å²) >= 11 is 6.76. The maximum atomic E-state index is 12.8. The average Bonchev–Trinajstić information content (AvgIpc) is 2.84. The van der Waals surface area contributed by atoms with Gasteiger partial charge in [-0.15, -0.1) is 11.3 Å². The third kappa shape index (κ3) is 2.92. The van der Waals surface area contributed by atoms with Crippen LogP contribution in [0.3, 0.4) is 0 Å². The Kier molecular flexibility index (Phi) is 4.27. The topological polar surface area (TPSA) is 51.2 Å². The Balaban J connectivity index is 2.34. The lowest BCUT2D eigenvalue weighted by Crippen LogP contribution is -2.27. The summed E-state index contributed by atoms with van der Waals surface area (Å²) in [4.78, 5) is 12.3. The van der Waals surface area contributed by atoms with Crippen LogP contribution in [0.5, 0.6) is 0 Å². The summed E-state index contributed by atoms with van der Waals surface area (Å²) in [5, 5.41) is -1.25. The van der Waals surface area contributed by atoms with Gasteiger partial charge in [-0.1, -0.05) is 11.6 Å². The first kappa shape index (κ1) is 15.2. The van der Waals surface area contributed by atoms with Gasteiger partial charge in [-0.25, -0.2) is 12.8 Å². The predicted molar refractivity (Wildman–Crippen MR) is 76.7 cm³/mol. The molecule has 1 heterocycles. The van der Waals surface area contributed by atoms with Gasteiger partial charge in [0.15, 0.2) is 15.6 Å². The fraction of sp³-hybridized carbons (Fsp3) is 0.154. The van der Waals surface area contributed by atoms with Crippen molar-refractivity contribution in [3.05, 3.63) is 51.4 Å². The molecule has 1 unspecified atom stereocenters. The molecule has 0 N–H and O–H groups in total. The number of thiophene rings is 1. The van der Waals surface area contributed by atoms with Gasteiger partial charge in [0.2, 0.25) is 0 Å².